The monoisotopic (exact) mass is 288 g/mol. The molecule has 0 aliphatic carbocycles. The molecule has 0 amide bonds. The molecule has 2 rings (SSSR count). The topological polar surface area (TPSA) is 103 Å². The fraction of sp³-hybridized carbons (Fsp3) is 0.143. The smallest absolute Gasteiger partial charge is 0.357 e. The van der Waals surface area contributed by atoms with Crippen molar-refractivity contribution in [2.24, 2.45) is 0 Å². The Morgan fingerprint density at radius 2 is 2.05 bits per heavy atom. The maximum atomic E-state index is 11.7. The summed E-state index contributed by atoms with van der Waals surface area (Å²) in [6.07, 6.45) is 0. The number of benzene rings is 1. The first-order valence-electron chi connectivity index (χ1n) is 6.15. The van der Waals surface area contributed by atoms with Crippen molar-refractivity contribution in [1.29, 1.82) is 0 Å². The molecule has 21 heavy (non-hydrogen) atoms. The third-order valence-corrected chi connectivity index (χ3v) is 2.69. The molecule has 1 N–H and O–H groups in total. The molecule has 0 unspecified atom stereocenters. The Balaban J connectivity index is 2.65. The van der Waals surface area contributed by atoms with Crippen molar-refractivity contribution in [3.63, 3.8) is 0 Å². The molecule has 0 fully saturated rings. The highest BCUT2D eigenvalue weighted by atomic mass is 16.6. The summed E-state index contributed by atoms with van der Waals surface area (Å²) in [5.74, 6) is -1.38. The first kappa shape index (κ1) is 14.4. The SMILES string of the molecule is CCOC(=O)c1cc(O)c([N+](=O)[O-])c(-c2ccccc2)n1. The maximum Gasteiger partial charge on any atom is 0.357 e. The van der Waals surface area contributed by atoms with Gasteiger partial charge in [-0.25, -0.2) is 9.78 Å². The van der Waals surface area contributed by atoms with Gasteiger partial charge in [0.1, 0.15) is 0 Å². The van der Waals surface area contributed by atoms with Gasteiger partial charge in [-0.05, 0) is 6.92 Å². The zero-order valence-corrected chi connectivity index (χ0v) is 11.1. The second-order valence-corrected chi connectivity index (χ2v) is 4.07. The first-order chi connectivity index (χ1) is 10.0. The Morgan fingerprint density at radius 1 is 1.38 bits per heavy atom. The molecule has 2 aromatic rings. The van der Waals surface area contributed by atoms with E-state index in [0.29, 0.717) is 5.56 Å². The van der Waals surface area contributed by atoms with Gasteiger partial charge in [0.25, 0.3) is 0 Å². The fourth-order valence-corrected chi connectivity index (χ4v) is 1.81. The summed E-state index contributed by atoms with van der Waals surface area (Å²) in [7, 11) is 0. The van der Waals surface area contributed by atoms with Crippen LogP contribution in [-0.2, 0) is 4.74 Å². The summed E-state index contributed by atoms with van der Waals surface area (Å²) in [5.41, 5.74) is -0.387. The molecular formula is C14H12N2O5. The molecule has 0 radical (unpaired) electrons. The van der Waals surface area contributed by atoms with E-state index in [0.717, 1.165) is 6.07 Å². The van der Waals surface area contributed by atoms with Crippen molar-refractivity contribution < 1.29 is 19.6 Å². The van der Waals surface area contributed by atoms with Crippen molar-refractivity contribution >= 4 is 11.7 Å². The number of rotatable bonds is 4. The average Bonchev–Trinajstić information content (AvgIpc) is 2.47. The number of aromatic nitrogens is 1. The van der Waals surface area contributed by atoms with Crippen LogP contribution in [0.3, 0.4) is 0 Å². The largest absolute Gasteiger partial charge is 0.502 e. The Bertz CT molecular complexity index is 685. The second kappa shape index (κ2) is 6.00. The van der Waals surface area contributed by atoms with E-state index in [-0.39, 0.29) is 18.0 Å². The minimum atomic E-state index is -0.750. The highest BCUT2D eigenvalue weighted by Crippen LogP contribution is 2.36. The van der Waals surface area contributed by atoms with E-state index in [1.807, 2.05) is 0 Å². The van der Waals surface area contributed by atoms with Crippen molar-refractivity contribution in [1.82, 2.24) is 4.98 Å². The quantitative estimate of drug-likeness (QED) is 0.527. The van der Waals surface area contributed by atoms with E-state index in [9.17, 15) is 20.0 Å². The highest BCUT2D eigenvalue weighted by Gasteiger charge is 2.26. The third-order valence-electron chi connectivity index (χ3n) is 2.69. The average molecular weight is 288 g/mol. The standard InChI is InChI=1S/C14H12N2O5/c1-2-21-14(18)10-8-11(17)13(16(19)20)12(15-10)9-6-4-3-5-7-9/h3-8H,2H2,1H3,(H,15,17). The van der Waals surface area contributed by atoms with Crippen LogP contribution in [0.1, 0.15) is 17.4 Å². The van der Waals surface area contributed by atoms with Crippen LogP contribution in [0, 0.1) is 10.1 Å². The molecule has 0 bridgehead atoms. The Kier molecular flexibility index (Phi) is 4.13. The second-order valence-electron chi connectivity index (χ2n) is 4.07. The number of carbonyl (C=O) groups is 1. The molecule has 0 saturated heterocycles. The normalized spacial score (nSPS) is 10.1. The number of nitro groups is 1. The van der Waals surface area contributed by atoms with Gasteiger partial charge in [0.15, 0.2) is 17.1 Å². The van der Waals surface area contributed by atoms with Crippen LogP contribution >= 0.6 is 0 Å². The minimum absolute atomic E-state index is 0.0800. The molecule has 0 atom stereocenters. The molecular weight excluding hydrogens is 276 g/mol. The van der Waals surface area contributed by atoms with E-state index < -0.39 is 22.3 Å². The van der Waals surface area contributed by atoms with Crippen molar-refractivity contribution in [2.45, 2.75) is 6.92 Å². The van der Waals surface area contributed by atoms with Crippen LogP contribution in [-0.4, -0.2) is 27.6 Å². The van der Waals surface area contributed by atoms with Crippen molar-refractivity contribution in [3.05, 3.63) is 52.2 Å². The molecule has 7 nitrogen and oxygen atoms in total. The van der Waals surface area contributed by atoms with E-state index in [1.54, 1.807) is 37.3 Å². The molecule has 1 aromatic carbocycles. The van der Waals surface area contributed by atoms with Crippen LogP contribution < -0.4 is 0 Å². The summed E-state index contributed by atoms with van der Waals surface area (Å²) in [6.45, 7) is 1.76. The van der Waals surface area contributed by atoms with Gasteiger partial charge in [-0.15, -0.1) is 0 Å². The van der Waals surface area contributed by atoms with Crippen LogP contribution in [0.15, 0.2) is 36.4 Å². The Hall–Kier alpha value is -2.96. The summed E-state index contributed by atoms with van der Waals surface area (Å²) in [6, 6.07) is 9.23. The van der Waals surface area contributed by atoms with Gasteiger partial charge in [0.05, 0.1) is 11.5 Å². The first-order valence-corrected chi connectivity index (χ1v) is 6.15. The number of esters is 1. The van der Waals surface area contributed by atoms with Gasteiger partial charge in [-0.1, -0.05) is 30.3 Å². The van der Waals surface area contributed by atoms with Crippen LogP contribution in [0.5, 0.6) is 5.75 Å². The Morgan fingerprint density at radius 3 is 2.62 bits per heavy atom. The van der Waals surface area contributed by atoms with Gasteiger partial charge in [-0.2, -0.15) is 0 Å². The molecule has 7 heteroatoms. The summed E-state index contributed by atoms with van der Waals surface area (Å²) in [5, 5.41) is 20.9. The molecule has 108 valence electrons. The fourth-order valence-electron chi connectivity index (χ4n) is 1.81. The molecule has 0 aliphatic heterocycles. The number of nitrogens with zero attached hydrogens (tertiary/aromatic N) is 2. The number of carbonyl (C=O) groups excluding carboxylic acids is 1. The predicted molar refractivity (Wildman–Crippen MR) is 73.9 cm³/mol. The van der Waals surface area contributed by atoms with Gasteiger partial charge in [-0.3, -0.25) is 10.1 Å². The molecule has 0 saturated carbocycles. The summed E-state index contributed by atoms with van der Waals surface area (Å²) < 4.78 is 4.79. The number of hydrogen-bond donors (Lipinski definition) is 1. The molecule has 0 spiro atoms. The Labute approximate surface area is 120 Å². The van der Waals surface area contributed by atoms with E-state index in [4.69, 9.17) is 4.74 Å². The molecule has 0 aliphatic rings. The number of pyridine rings is 1. The lowest BCUT2D eigenvalue weighted by Crippen LogP contribution is -2.09. The van der Waals surface area contributed by atoms with Crippen molar-refractivity contribution in [3.8, 4) is 17.0 Å². The zero-order chi connectivity index (χ0) is 15.4. The van der Waals surface area contributed by atoms with E-state index in [2.05, 4.69) is 4.98 Å². The van der Waals surface area contributed by atoms with E-state index in [1.165, 1.54) is 0 Å². The van der Waals surface area contributed by atoms with Gasteiger partial charge < -0.3 is 9.84 Å². The summed E-state index contributed by atoms with van der Waals surface area (Å²) >= 11 is 0. The molecule has 1 aromatic heterocycles. The predicted octanol–water partition coefficient (Wildman–Crippen LogP) is 2.54. The maximum absolute atomic E-state index is 11.7. The highest BCUT2D eigenvalue weighted by molar-refractivity contribution is 5.90. The van der Waals surface area contributed by atoms with E-state index >= 15 is 0 Å². The lowest BCUT2D eigenvalue weighted by molar-refractivity contribution is -0.385. The third kappa shape index (κ3) is 2.97. The van der Waals surface area contributed by atoms with Crippen LogP contribution in [0.4, 0.5) is 5.69 Å². The number of aromatic hydroxyl groups is 1. The molecule has 1 heterocycles. The van der Waals surface area contributed by atoms with Crippen LogP contribution in [0.25, 0.3) is 11.3 Å². The minimum Gasteiger partial charge on any atom is -0.502 e. The lowest BCUT2D eigenvalue weighted by atomic mass is 10.1. The summed E-state index contributed by atoms with van der Waals surface area (Å²) in [4.78, 5) is 26.0. The van der Waals surface area contributed by atoms with Crippen LogP contribution in [0.2, 0.25) is 0 Å². The number of hydrogen-bond acceptors (Lipinski definition) is 6. The van der Waals surface area contributed by atoms with Gasteiger partial charge >= 0.3 is 11.7 Å². The number of ether oxygens (including phenoxy) is 1. The van der Waals surface area contributed by atoms with Gasteiger partial charge in [0, 0.05) is 11.6 Å². The van der Waals surface area contributed by atoms with Crippen molar-refractivity contribution in [2.75, 3.05) is 6.61 Å². The zero-order valence-electron chi connectivity index (χ0n) is 11.1. The lowest BCUT2D eigenvalue weighted by Gasteiger charge is -2.07. The van der Waals surface area contributed by atoms with Gasteiger partial charge in [0.2, 0.25) is 0 Å².